The molecule has 1 fully saturated rings. The van der Waals surface area contributed by atoms with Gasteiger partial charge in [-0.3, -0.25) is 4.79 Å². The number of benzene rings is 2. The monoisotopic (exact) mass is 480 g/mol. The highest BCUT2D eigenvalue weighted by molar-refractivity contribution is 7.89. The molecule has 0 unspecified atom stereocenters. The lowest BCUT2D eigenvalue weighted by molar-refractivity contribution is -0.137. The van der Waals surface area contributed by atoms with E-state index < -0.39 is 26.6 Å². The zero-order chi connectivity index (χ0) is 23.8. The van der Waals surface area contributed by atoms with Crippen molar-refractivity contribution in [3.63, 3.8) is 0 Å². The van der Waals surface area contributed by atoms with Gasteiger partial charge in [0.25, 0.3) is 0 Å². The second-order valence-corrected chi connectivity index (χ2v) is 10.1. The third kappa shape index (κ3) is 6.59. The van der Waals surface area contributed by atoms with Crippen LogP contribution in [0.3, 0.4) is 0 Å². The van der Waals surface area contributed by atoms with Crippen LogP contribution in [0.2, 0.25) is 0 Å². The number of carbonyl (C=O) groups excluding carboxylic acids is 1. The molecule has 0 N–H and O–H groups in total. The molecule has 2 aromatic carbocycles. The van der Waals surface area contributed by atoms with Gasteiger partial charge in [-0.1, -0.05) is 30.3 Å². The molecular weight excluding hydrogens is 450 g/mol. The molecule has 3 rings (SSSR count). The number of amides is 1. The number of aryl methyl sites for hydroxylation is 1. The minimum Gasteiger partial charge on any atom is -0.383 e. The van der Waals surface area contributed by atoms with Crippen molar-refractivity contribution in [3.8, 4) is 0 Å². The molecule has 1 heterocycles. The lowest BCUT2D eigenvalue weighted by atomic mass is 9.96. The van der Waals surface area contributed by atoms with Gasteiger partial charge in [-0.05, 0) is 49.4 Å². The first-order valence-corrected chi connectivity index (χ1v) is 12.5. The molecule has 0 radical (unpaired) electrons. The van der Waals surface area contributed by atoms with Crippen molar-refractivity contribution >= 4 is 15.9 Å². The highest BCUT2D eigenvalue weighted by atomic mass is 32.2. The van der Waals surface area contributed by atoms with E-state index in [-0.39, 0.29) is 24.9 Å². The normalized spacial score (nSPS) is 15.5. The Kier molecular flexibility index (Phi) is 8.94. The topological polar surface area (TPSA) is 66.9 Å². The third-order valence-corrected chi connectivity index (χ3v) is 7.84. The Morgan fingerprint density at radius 1 is 1.09 bits per heavy atom. The van der Waals surface area contributed by atoms with Gasteiger partial charge >= 0.3 is 0 Å². The summed E-state index contributed by atoms with van der Waals surface area (Å²) in [5.41, 5.74) is 1.21. The molecule has 0 saturated carbocycles. The quantitative estimate of drug-likeness (QED) is 0.522. The molecule has 2 aromatic rings. The third-order valence-electron chi connectivity index (χ3n) is 5.93. The summed E-state index contributed by atoms with van der Waals surface area (Å²) in [7, 11) is -2.59. The van der Waals surface area contributed by atoms with Crippen molar-refractivity contribution in [1.29, 1.82) is 0 Å². The van der Waals surface area contributed by atoms with Crippen molar-refractivity contribution < 1.29 is 26.7 Å². The summed E-state index contributed by atoms with van der Waals surface area (Å²) in [6.45, 7) is 1.64. The number of ether oxygens (including phenoxy) is 1. The fraction of sp³-hybridized carbons (Fsp3) is 0.458. The molecule has 33 heavy (non-hydrogen) atoms. The van der Waals surface area contributed by atoms with E-state index in [1.54, 1.807) is 12.0 Å². The largest absolute Gasteiger partial charge is 0.383 e. The standard InChI is InChI=1S/C24H30F2N2O4S/c1-32-17-16-27(13-5-8-19-6-3-2-4-7-19)24(29)20-11-14-28(15-12-20)33(30,31)23-18-21(25)9-10-22(23)26/h2-4,6-7,9-10,18,20H,5,8,11-17H2,1H3. The van der Waals surface area contributed by atoms with Gasteiger partial charge in [0.2, 0.25) is 15.9 Å². The van der Waals surface area contributed by atoms with Gasteiger partial charge in [0.05, 0.1) is 6.61 Å². The first kappa shape index (κ1) is 25.3. The van der Waals surface area contributed by atoms with Crippen LogP contribution in [0.5, 0.6) is 0 Å². The summed E-state index contributed by atoms with van der Waals surface area (Å²) in [5.74, 6) is -2.14. The average Bonchev–Trinajstić information content (AvgIpc) is 2.83. The zero-order valence-electron chi connectivity index (χ0n) is 18.8. The van der Waals surface area contributed by atoms with Gasteiger partial charge in [-0.15, -0.1) is 0 Å². The maximum Gasteiger partial charge on any atom is 0.246 e. The minimum absolute atomic E-state index is 0.0194. The Hall–Kier alpha value is -2.36. The van der Waals surface area contributed by atoms with Gasteiger partial charge in [-0.25, -0.2) is 17.2 Å². The first-order valence-electron chi connectivity index (χ1n) is 11.1. The van der Waals surface area contributed by atoms with E-state index in [2.05, 4.69) is 12.1 Å². The van der Waals surface area contributed by atoms with Crippen LogP contribution in [-0.4, -0.2) is 63.4 Å². The SMILES string of the molecule is COCCN(CCCc1ccccc1)C(=O)C1CCN(S(=O)(=O)c2cc(F)ccc2F)CC1. The molecule has 0 bridgehead atoms. The summed E-state index contributed by atoms with van der Waals surface area (Å²) in [5, 5.41) is 0. The minimum atomic E-state index is -4.17. The van der Waals surface area contributed by atoms with E-state index >= 15 is 0 Å². The second kappa shape index (κ2) is 11.7. The summed E-state index contributed by atoms with van der Waals surface area (Å²) in [6.07, 6.45) is 2.33. The Morgan fingerprint density at radius 2 is 1.79 bits per heavy atom. The Morgan fingerprint density at radius 3 is 2.45 bits per heavy atom. The van der Waals surface area contributed by atoms with Crippen LogP contribution >= 0.6 is 0 Å². The number of hydrogen-bond donors (Lipinski definition) is 0. The Bertz CT molecular complexity index is 1030. The van der Waals surface area contributed by atoms with Gasteiger partial charge in [0.1, 0.15) is 16.5 Å². The Balaban J connectivity index is 1.59. The lowest BCUT2D eigenvalue weighted by Crippen LogP contribution is -2.45. The number of rotatable bonds is 10. The molecule has 1 saturated heterocycles. The van der Waals surface area contributed by atoms with Gasteiger partial charge < -0.3 is 9.64 Å². The summed E-state index contributed by atoms with van der Waals surface area (Å²) < 4.78 is 59.4. The number of hydrogen-bond acceptors (Lipinski definition) is 4. The lowest BCUT2D eigenvalue weighted by Gasteiger charge is -2.33. The highest BCUT2D eigenvalue weighted by Gasteiger charge is 2.35. The first-order chi connectivity index (χ1) is 15.8. The highest BCUT2D eigenvalue weighted by Crippen LogP contribution is 2.27. The van der Waals surface area contributed by atoms with Crippen LogP contribution in [-0.2, 0) is 26.0 Å². The fourth-order valence-corrected chi connectivity index (χ4v) is 5.61. The molecule has 1 amide bonds. The average molecular weight is 481 g/mol. The molecule has 0 atom stereocenters. The number of piperidine rings is 1. The van der Waals surface area contributed by atoms with Gasteiger partial charge in [-0.2, -0.15) is 4.31 Å². The molecule has 0 aromatic heterocycles. The number of carbonyl (C=O) groups is 1. The summed E-state index contributed by atoms with van der Waals surface area (Å²) in [4.78, 5) is 14.3. The predicted molar refractivity (Wildman–Crippen MR) is 121 cm³/mol. The smallest absolute Gasteiger partial charge is 0.246 e. The van der Waals surface area contributed by atoms with Gasteiger partial charge in [0, 0.05) is 39.2 Å². The van der Waals surface area contributed by atoms with Crippen molar-refractivity contribution in [2.45, 2.75) is 30.6 Å². The van der Waals surface area contributed by atoms with Crippen molar-refractivity contribution in [3.05, 3.63) is 65.7 Å². The molecule has 0 aliphatic carbocycles. The molecule has 9 heteroatoms. The number of methoxy groups -OCH3 is 1. The Labute approximate surface area is 194 Å². The molecule has 1 aliphatic rings. The van der Waals surface area contributed by atoms with Crippen molar-refractivity contribution in [2.24, 2.45) is 5.92 Å². The van der Waals surface area contributed by atoms with Crippen LogP contribution in [0.4, 0.5) is 8.78 Å². The number of halogens is 2. The van der Waals surface area contributed by atoms with E-state index in [0.29, 0.717) is 38.6 Å². The van der Waals surface area contributed by atoms with E-state index in [0.717, 1.165) is 29.3 Å². The maximum atomic E-state index is 14.0. The van der Waals surface area contributed by atoms with Crippen LogP contribution < -0.4 is 0 Å². The van der Waals surface area contributed by atoms with E-state index in [1.165, 1.54) is 5.56 Å². The van der Waals surface area contributed by atoms with E-state index in [1.807, 2.05) is 18.2 Å². The molecule has 0 spiro atoms. The molecule has 180 valence electrons. The second-order valence-electron chi connectivity index (χ2n) is 8.16. The fourth-order valence-electron chi connectivity index (χ4n) is 4.07. The molecule has 1 aliphatic heterocycles. The predicted octanol–water partition coefficient (Wildman–Crippen LogP) is 3.47. The van der Waals surface area contributed by atoms with Crippen LogP contribution in [0, 0.1) is 17.6 Å². The zero-order valence-corrected chi connectivity index (χ0v) is 19.6. The van der Waals surface area contributed by atoms with E-state index in [4.69, 9.17) is 4.74 Å². The van der Waals surface area contributed by atoms with Crippen LogP contribution in [0.15, 0.2) is 53.4 Å². The summed E-state index contributed by atoms with van der Waals surface area (Å²) >= 11 is 0. The van der Waals surface area contributed by atoms with Gasteiger partial charge in [0.15, 0.2) is 0 Å². The van der Waals surface area contributed by atoms with Crippen LogP contribution in [0.1, 0.15) is 24.8 Å². The summed E-state index contributed by atoms with van der Waals surface area (Å²) in [6, 6.07) is 12.4. The van der Waals surface area contributed by atoms with E-state index in [9.17, 15) is 22.0 Å². The maximum absolute atomic E-state index is 14.0. The van der Waals surface area contributed by atoms with Crippen molar-refractivity contribution in [2.75, 3.05) is 39.9 Å². The van der Waals surface area contributed by atoms with Crippen molar-refractivity contribution in [1.82, 2.24) is 9.21 Å². The number of sulfonamides is 1. The molecule has 6 nitrogen and oxygen atoms in total. The van der Waals surface area contributed by atoms with Crippen LogP contribution in [0.25, 0.3) is 0 Å². The number of nitrogens with zero attached hydrogens (tertiary/aromatic N) is 2. The molecular formula is C24H30F2N2O4S.